The van der Waals surface area contributed by atoms with Crippen molar-refractivity contribution in [2.45, 2.75) is 12.5 Å². The third-order valence-electron chi connectivity index (χ3n) is 2.56. The van der Waals surface area contributed by atoms with Gasteiger partial charge in [0, 0.05) is 6.54 Å². The zero-order chi connectivity index (χ0) is 11.4. The minimum atomic E-state index is -1.21. The Morgan fingerprint density at radius 2 is 2.27 bits per heavy atom. The van der Waals surface area contributed by atoms with Crippen molar-refractivity contribution >= 4 is 11.9 Å². The molecular formula is C9H16N2O4. The number of carboxylic acid groups (broad SMARTS) is 1. The molecule has 6 heteroatoms. The number of likely N-dealkylation sites (tertiary alicyclic amines) is 1. The van der Waals surface area contributed by atoms with Gasteiger partial charge in [-0.1, -0.05) is 0 Å². The predicted octanol–water partition coefficient (Wildman–Crippen LogP) is -1.50. The molecule has 6 nitrogen and oxygen atoms in total. The summed E-state index contributed by atoms with van der Waals surface area (Å²) < 4.78 is 0. The average molecular weight is 216 g/mol. The number of aliphatic hydroxyl groups excluding tert-OH is 1. The van der Waals surface area contributed by atoms with Crippen LogP contribution in [-0.4, -0.2) is 59.8 Å². The van der Waals surface area contributed by atoms with Gasteiger partial charge in [0.25, 0.3) is 0 Å². The van der Waals surface area contributed by atoms with E-state index in [-0.39, 0.29) is 11.8 Å². The number of rotatable bonds is 4. The van der Waals surface area contributed by atoms with Gasteiger partial charge in [-0.3, -0.25) is 4.79 Å². The van der Waals surface area contributed by atoms with E-state index in [1.807, 2.05) is 11.9 Å². The molecular weight excluding hydrogens is 200 g/mol. The highest BCUT2D eigenvalue weighted by Crippen LogP contribution is 2.14. The van der Waals surface area contributed by atoms with Crippen LogP contribution in [0.25, 0.3) is 0 Å². The van der Waals surface area contributed by atoms with Gasteiger partial charge in [0.2, 0.25) is 5.91 Å². The molecule has 3 N–H and O–H groups in total. The monoisotopic (exact) mass is 216 g/mol. The fourth-order valence-electron chi connectivity index (χ4n) is 1.62. The third-order valence-corrected chi connectivity index (χ3v) is 2.56. The molecule has 0 aromatic carbocycles. The normalized spacial score (nSPS) is 23.7. The summed E-state index contributed by atoms with van der Waals surface area (Å²) >= 11 is 0. The van der Waals surface area contributed by atoms with Gasteiger partial charge in [-0.25, -0.2) is 4.79 Å². The number of hydrogen-bond donors (Lipinski definition) is 3. The van der Waals surface area contributed by atoms with E-state index in [1.165, 1.54) is 0 Å². The third kappa shape index (κ3) is 3.17. The number of nitrogens with one attached hydrogen (secondary N) is 1. The van der Waals surface area contributed by atoms with Crippen LogP contribution in [0.5, 0.6) is 0 Å². The maximum atomic E-state index is 11.6. The highest BCUT2D eigenvalue weighted by molar-refractivity contribution is 5.85. The van der Waals surface area contributed by atoms with Crippen LogP contribution in [0.2, 0.25) is 0 Å². The second-order valence-corrected chi connectivity index (χ2v) is 3.83. The minimum Gasteiger partial charge on any atom is -0.480 e. The Hall–Kier alpha value is -1.14. The van der Waals surface area contributed by atoms with Crippen molar-refractivity contribution in [3.05, 3.63) is 0 Å². The van der Waals surface area contributed by atoms with Gasteiger partial charge in [0.15, 0.2) is 0 Å². The highest BCUT2D eigenvalue weighted by atomic mass is 16.4. The van der Waals surface area contributed by atoms with E-state index < -0.39 is 18.6 Å². The standard InChI is InChI=1S/C9H16N2O4/c1-11-3-2-6(4-11)8(13)10-7(5-12)9(14)15/h6-7,12H,2-5H2,1H3,(H,10,13)(H,14,15). The van der Waals surface area contributed by atoms with Gasteiger partial charge in [0.05, 0.1) is 12.5 Å². The summed E-state index contributed by atoms with van der Waals surface area (Å²) in [5.41, 5.74) is 0. The van der Waals surface area contributed by atoms with Crippen molar-refractivity contribution in [2.24, 2.45) is 5.92 Å². The second-order valence-electron chi connectivity index (χ2n) is 3.83. The van der Waals surface area contributed by atoms with Crippen LogP contribution in [0.1, 0.15) is 6.42 Å². The van der Waals surface area contributed by atoms with Crippen LogP contribution in [0.3, 0.4) is 0 Å². The Labute approximate surface area is 87.9 Å². The van der Waals surface area contributed by atoms with E-state index in [2.05, 4.69) is 5.32 Å². The number of carbonyl (C=O) groups is 2. The Balaban J connectivity index is 2.44. The number of amides is 1. The summed E-state index contributed by atoms with van der Waals surface area (Å²) in [4.78, 5) is 24.1. The molecule has 0 spiro atoms. The van der Waals surface area contributed by atoms with Crippen LogP contribution in [0.4, 0.5) is 0 Å². The van der Waals surface area contributed by atoms with Crippen LogP contribution >= 0.6 is 0 Å². The quantitative estimate of drug-likeness (QED) is 0.532. The molecule has 1 aliphatic rings. The molecule has 1 saturated heterocycles. The number of nitrogens with zero attached hydrogens (tertiary/aromatic N) is 1. The molecule has 86 valence electrons. The van der Waals surface area contributed by atoms with Crippen molar-refractivity contribution in [1.82, 2.24) is 10.2 Å². The van der Waals surface area contributed by atoms with E-state index in [0.717, 1.165) is 13.0 Å². The fourth-order valence-corrected chi connectivity index (χ4v) is 1.62. The number of hydrogen-bond acceptors (Lipinski definition) is 4. The van der Waals surface area contributed by atoms with Crippen molar-refractivity contribution in [3.8, 4) is 0 Å². The van der Waals surface area contributed by atoms with Gasteiger partial charge in [-0.05, 0) is 20.0 Å². The smallest absolute Gasteiger partial charge is 0.328 e. The first kappa shape index (κ1) is 11.9. The predicted molar refractivity (Wildman–Crippen MR) is 52.3 cm³/mol. The molecule has 2 unspecified atom stereocenters. The van der Waals surface area contributed by atoms with Gasteiger partial charge in [0.1, 0.15) is 6.04 Å². The highest BCUT2D eigenvalue weighted by Gasteiger charge is 2.29. The summed E-state index contributed by atoms with van der Waals surface area (Å²) in [6.07, 6.45) is 0.736. The summed E-state index contributed by atoms with van der Waals surface area (Å²) in [7, 11) is 1.91. The molecule has 0 aromatic heterocycles. The number of aliphatic hydroxyl groups is 1. The summed E-state index contributed by atoms with van der Waals surface area (Å²) in [5, 5.41) is 19.7. The molecule has 1 aliphatic heterocycles. The van der Waals surface area contributed by atoms with Gasteiger partial charge in [-0.2, -0.15) is 0 Å². The van der Waals surface area contributed by atoms with E-state index in [1.54, 1.807) is 0 Å². The summed E-state index contributed by atoms with van der Waals surface area (Å²) in [6, 6.07) is -1.19. The van der Waals surface area contributed by atoms with E-state index in [4.69, 9.17) is 10.2 Å². The molecule has 0 saturated carbocycles. The molecule has 1 rings (SSSR count). The number of aliphatic carboxylic acids is 1. The SMILES string of the molecule is CN1CCC(C(=O)NC(CO)C(=O)O)C1. The Bertz CT molecular complexity index is 256. The first-order valence-corrected chi connectivity index (χ1v) is 4.87. The lowest BCUT2D eigenvalue weighted by atomic mass is 10.1. The molecule has 0 aromatic rings. The molecule has 1 heterocycles. The zero-order valence-corrected chi connectivity index (χ0v) is 8.64. The Kier molecular flexibility index (Phi) is 4.05. The largest absolute Gasteiger partial charge is 0.480 e. The van der Waals surface area contributed by atoms with Gasteiger partial charge >= 0.3 is 5.97 Å². The van der Waals surface area contributed by atoms with E-state index in [0.29, 0.717) is 6.54 Å². The van der Waals surface area contributed by atoms with Crippen LogP contribution in [0, 0.1) is 5.92 Å². The summed E-state index contributed by atoms with van der Waals surface area (Å²) in [5.74, 6) is -1.67. The molecule has 0 bridgehead atoms. The van der Waals surface area contributed by atoms with E-state index >= 15 is 0 Å². The average Bonchev–Trinajstić information content (AvgIpc) is 2.60. The lowest BCUT2D eigenvalue weighted by Crippen LogP contribution is -2.46. The maximum absolute atomic E-state index is 11.6. The first-order chi connectivity index (χ1) is 7.04. The van der Waals surface area contributed by atoms with Crippen molar-refractivity contribution in [3.63, 3.8) is 0 Å². The Morgan fingerprint density at radius 1 is 1.60 bits per heavy atom. The zero-order valence-electron chi connectivity index (χ0n) is 8.64. The minimum absolute atomic E-state index is 0.164. The van der Waals surface area contributed by atoms with Crippen LogP contribution < -0.4 is 5.32 Å². The fraction of sp³-hybridized carbons (Fsp3) is 0.778. The molecule has 0 aliphatic carbocycles. The van der Waals surface area contributed by atoms with Gasteiger partial charge in [-0.15, -0.1) is 0 Å². The topological polar surface area (TPSA) is 89.9 Å². The van der Waals surface area contributed by atoms with Crippen LogP contribution in [0.15, 0.2) is 0 Å². The van der Waals surface area contributed by atoms with Crippen molar-refractivity contribution in [2.75, 3.05) is 26.7 Å². The molecule has 0 radical (unpaired) electrons. The maximum Gasteiger partial charge on any atom is 0.328 e. The lowest BCUT2D eigenvalue weighted by Gasteiger charge is -2.15. The second kappa shape index (κ2) is 5.09. The van der Waals surface area contributed by atoms with E-state index in [9.17, 15) is 9.59 Å². The molecule has 15 heavy (non-hydrogen) atoms. The number of carbonyl (C=O) groups excluding carboxylic acids is 1. The summed E-state index contributed by atoms with van der Waals surface area (Å²) in [6.45, 7) is 0.905. The lowest BCUT2D eigenvalue weighted by molar-refractivity contribution is -0.143. The first-order valence-electron chi connectivity index (χ1n) is 4.87. The molecule has 1 fully saturated rings. The Morgan fingerprint density at radius 3 is 2.67 bits per heavy atom. The van der Waals surface area contributed by atoms with Crippen molar-refractivity contribution in [1.29, 1.82) is 0 Å². The molecule has 1 amide bonds. The molecule has 2 atom stereocenters. The van der Waals surface area contributed by atoms with Crippen LogP contribution in [-0.2, 0) is 9.59 Å². The number of carboxylic acids is 1. The van der Waals surface area contributed by atoms with Gasteiger partial charge < -0.3 is 20.4 Å². The van der Waals surface area contributed by atoms with Crippen molar-refractivity contribution < 1.29 is 19.8 Å².